The summed E-state index contributed by atoms with van der Waals surface area (Å²) in [5.41, 5.74) is 2.61. The van der Waals surface area contributed by atoms with Crippen molar-refractivity contribution in [1.29, 1.82) is 0 Å². The van der Waals surface area contributed by atoms with Crippen LogP contribution in [0, 0.1) is 6.92 Å². The van der Waals surface area contributed by atoms with Crippen LogP contribution < -0.4 is 20.3 Å². The Morgan fingerprint density at radius 1 is 1.13 bits per heavy atom. The monoisotopic (exact) mass is 654 g/mol. The lowest BCUT2D eigenvalue weighted by atomic mass is 10.1. The summed E-state index contributed by atoms with van der Waals surface area (Å²) in [7, 11) is 1.51. The fourth-order valence-corrected chi connectivity index (χ4v) is 4.68. The molecule has 1 atom stereocenters. The largest absolute Gasteiger partial charge is 0.493 e. The standard InChI is InChI=1S/C29H28Br2N4O4/c1-5-18(3)28-34-24-11-8-20(30)13-23(24)29(37)35(28)32-15-19-12-21(31)14-25(38-4)27(19)39-16-26(36)33-22-9-6-17(2)7-10-22/h6-15,18H,5,16H2,1-4H3,(H,33,36)/t18-/m0/s1. The van der Waals surface area contributed by atoms with Crippen LogP contribution in [-0.2, 0) is 4.79 Å². The Balaban J connectivity index is 1.70. The molecule has 3 aromatic carbocycles. The number of carbonyl (C=O) groups is 1. The minimum atomic E-state index is -0.328. The highest BCUT2D eigenvalue weighted by atomic mass is 79.9. The minimum Gasteiger partial charge on any atom is -0.493 e. The van der Waals surface area contributed by atoms with E-state index in [9.17, 15) is 9.59 Å². The molecule has 10 heteroatoms. The number of nitrogens with one attached hydrogen (secondary N) is 1. The van der Waals surface area contributed by atoms with E-state index in [0.717, 1.165) is 16.5 Å². The average molecular weight is 656 g/mol. The molecule has 0 saturated heterocycles. The van der Waals surface area contributed by atoms with Gasteiger partial charge < -0.3 is 14.8 Å². The van der Waals surface area contributed by atoms with Gasteiger partial charge in [-0.25, -0.2) is 4.98 Å². The summed E-state index contributed by atoms with van der Waals surface area (Å²) in [6, 6.07) is 16.4. The van der Waals surface area contributed by atoms with Crippen LogP contribution in [0.25, 0.3) is 10.9 Å². The molecular weight excluding hydrogens is 628 g/mol. The molecule has 1 N–H and O–H groups in total. The van der Waals surface area contributed by atoms with Gasteiger partial charge in [0, 0.05) is 26.1 Å². The van der Waals surface area contributed by atoms with Crippen LogP contribution in [0.15, 0.2) is 73.4 Å². The molecule has 202 valence electrons. The van der Waals surface area contributed by atoms with Crippen LogP contribution >= 0.6 is 31.9 Å². The maximum absolute atomic E-state index is 13.5. The maximum atomic E-state index is 13.5. The summed E-state index contributed by atoms with van der Waals surface area (Å²) in [6.07, 6.45) is 2.29. The van der Waals surface area contributed by atoms with Crippen LogP contribution in [0.2, 0.25) is 0 Å². The summed E-state index contributed by atoms with van der Waals surface area (Å²) >= 11 is 6.92. The molecule has 1 heterocycles. The first kappa shape index (κ1) is 28.5. The van der Waals surface area contributed by atoms with Crippen LogP contribution in [0.5, 0.6) is 11.5 Å². The minimum absolute atomic E-state index is 0.0128. The molecule has 0 fully saturated rings. The first-order chi connectivity index (χ1) is 18.7. The van der Waals surface area contributed by atoms with Crippen molar-refractivity contribution in [3.05, 3.63) is 90.8 Å². The Kier molecular flexibility index (Phi) is 9.19. The molecular formula is C29H28Br2N4O4. The van der Waals surface area contributed by atoms with Crippen molar-refractivity contribution in [2.24, 2.45) is 5.10 Å². The zero-order valence-electron chi connectivity index (χ0n) is 22.0. The van der Waals surface area contributed by atoms with E-state index < -0.39 is 0 Å². The number of aryl methyl sites for hydroxylation is 1. The van der Waals surface area contributed by atoms with Gasteiger partial charge in [-0.2, -0.15) is 9.78 Å². The molecule has 4 rings (SSSR count). The number of halogens is 2. The van der Waals surface area contributed by atoms with Gasteiger partial charge in [0.2, 0.25) is 0 Å². The molecule has 1 aromatic heterocycles. The smallest absolute Gasteiger partial charge is 0.282 e. The number of hydrogen-bond acceptors (Lipinski definition) is 6. The van der Waals surface area contributed by atoms with Gasteiger partial charge in [0.25, 0.3) is 11.5 Å². The molecule has 0 unspecified atom stereocenters. The summed E-state index contributed by atoms with van der Waals surface area (Å²) in [4.78, 5) is 30.8. The number of rotatable bonds is 9. The van der Waals surface area contributed by atoms with Crippen LogP contribution in [0.4, 0.5) is 5.69 Å². The highest BCUT2D eigenvalue weighted by Crippen LogP contribution is 2.34. The lowest BCUT2D eigenvalue weighted by molar-refractivity contribution is -0.118. The second-order valence-corrected chi connectivity index (χ2v) is 10.9. The Bertz CT molecular complexity index is 1600. The number of carbonyl (C=O) groups excluding carboxylic acids is 1. The molecule has 0 spiro atoms. The zero-order valence-corrected chi connectivity index (χ0v) is 25.2. The van der Waals surface area contributed by atoms with E-state index in [2.05, 4.69) is 42.3 Å². The summed E-state index contributed by atoms with van der Waals surface area (Å²) in [6.45, 7) is 5.76. The summed E-state index contributed by atoms with van der Waals surface area (Å²) in [5, 5.41) is 7.81. The summed E-state index contributed by atoms with van der Waals surface area (Å²) in [5.74, 6) is 0.935. The fraction of sp³-hybridized carbons (Fsp3) is 0.241. The predicted octanol–water partition coefficient (Wildman–Crippen LogP) is 6.65. The van der Waals surface area contributed by atoms with Crippen LogP contribution in [-0.4, -0.2) is 35.5 Å². The van der Waals surface area contributed by atoms with Gasteiger partial charge in [-0.15, -0.1) is 0 Å². The van der Waals surface area contributed by atoms with E-state index >= 15 is 0 Å². The van der Waals surface area contributed by atoms with Crippen molar-refractivity contribution in [1.82, 2.24) is 9.66 Å². The number of amides is 1. The number of nitrogens with zero attached hydrogens (tertiary/aromatic N) is 3. The van der Waals surface area contributed by atoms with Crippen molar-refractivity contribution < 1.29 is 14.3 Å². The quantitative estimate of drug-likeness (QED) is 0.204. The van der Waals surface area contributed by atoms with E-state index in [1.54, 1.807) is 18.2 Å². The molecule has 4 aromatic rings. The second kappa shape index (κ2) is 12.6. The van der Waals surface area contributed by atoms with Crippen molar-refractivity contribution in [2.45, 2.75) is 33.1 Å². The van der Waals surface area contributed by atoms with Gasteiger partial charge >= 0.3 is 0 Å². The molecule has 0 saturated carbocycles. The van der Waals surface area contributed by atoms with Gasteiger partial charge in [0.1, 0.15) is 5.82 Å². The van der Waals surface area contributed by atoms with Crippen molar-refractivity contribution in [2.75, 3.05) is 19.0 Å². The first-order valence-electron chi connectivity index (χ1n) is 12.3. The number of benzene rings is 3. The lowest BCUT2D eigenvalue weighted by Gasteiger charge is -2.15. The lowest BCUT2D eigenvalue weighted by Crippen LogP contribution is -2.24. The predicted molar refractivity (Wildman–Crippen MR) is 161 cm³/mol. The van der Waals surface area contributed by atoms with Crippen molar-refractivity contribution in [3.8, 4) is 11.5 Å². The van der Waals surface area contributed by atoms with E-state index in [1.807, 2.05) is 57.2 Å². The molecule has 1 amide bonds. The van der Waals surface area contributed by atoms with Gasteiger partial charge in [-0.3, -0.25) is 9.59 Å². The third kappa shape index (κ3) is 6.75. The van der Waals surface area contributed by atoms with Gasteiger partial charge in [0.15, 0.2) is 18.1 Å². The Hall–Kier alpha value is -3.50. The Morgan fingerprint density at radius 2 is 1.87 bits per heavy atom. The highest BCUT2D eigenvalue weighted by Gasteiger charge is 2.17. The molecule has 39 heavy (non-hydrogen) atoms. The average Bonchev–Trinajstić information content (AvgIpc) is 2.92. The first-order valence-corrected chi connectivity index (χ1v) is 13.9. The number of methoxy groups -OCH3 is 1. The van der Waals surface area contributed by atoms with E-state index in [0.29, 0.717) is 43.9 Å². The van der Waals surface area contributed by atoms with Crippen LogP contribution in [0.1, 0.15) is 43.1 Å². The zero-order chi connectivity index (χ0) is 28.1. The molecule has 0 radical (unpaired) electrons. The number of hydrogen-bond donors (Lipinski definition) is 1. The fourth-order valence-electron chi connectivity index (χ4n) is 3.86. The van der Waals surface area contributed by atoms with E-state index in [1.165, 1.54) is 18.0 Å². The molecule has 0 aliphatic rings. The maximum Gasteiger partial charge on any atom is 0.282 e. The topological polar surface area (TPSA) is 94.8 Å². The van der Waals surface area contributed by atoms with Gasteiger partial charge in [-0.05, 0) is 55.8 Å². The molecule has 0 bridgehead atoms. The Morgan fingerprint density at radius 3 is 2.56 bits per heavy atom. The molecule has 8 nitrogen and oxygen atoms in total. The SMILES string of the molecule is CC[C@H](C)c1nc2ccc(Br)cc2c(=O)n1N=Cc1cc(Br)cc(OC)c1OCC(=O)Nc1ccc(C)cc1. The van der Waals surface area contributed by atoms with Gasteiger partial charge in [0.05, 0.1) is 24.2 Å². The molecule has 0 aliphatic carbocycles. The van der Waals surface area contributed by atoms with E-state index in [-0.39, 0.29) is 24.0 Å². The third-order valence-corrected chi connectivity index (χ3v) is 7.10. The van der Waals surface area contributed by atoms with Crippen LogP contribution in [0.3, 0.4) is 0 Å². The third-order valence-electron chi connectivity index (χ3n) is 6.15. The second-order valence-electron chi connectivity index (χ2n) is 9.03. The van der Waals surface area contributed by atoms with Gasteiger partial charge in [-0.1, -0.05) is 63.4 Å². The highest BCUT2D eigenvalue weighted by molar-refractivity contribution is 9.10. The number of anilines is 1. The Labute approximate surface area is 243 Å². The van der Waals surface area contributed by atoms with Crippen molar-refractivity contribution in [3.63, 3.8) is 0 Å². The number of aromatic nitrogens is 2. The summed E-state index contributed by atoms with van der Waals surface area (Å²) < 4.78 is 14.3. The van der Waals surface area contributed by atoms with E-state index in [4.69, 9.17) is 14.5 Å². The molecule has 0 aliphatic heterocycles. The number of fused-ring (bicyclic) bond motifs is 1. The normalized spacial score (nSPS) is 12.1. The van der Waals surface area contributed by atoms with Crippen molar-refractivity contribution >= 4 is 60.6 Å². The number of ether oxygens (including phenoxy) is 2.